The van der Waals surface area contributed by atoms with Gasteiger partial charge in [-0.3, -0.25) is 4.79 Å². The lowest BCUT2D eigenvalue weighted by molar-refractivity contribution is -0.117. The average Bonchev–Trinajstić information content (AvgIpc) is 3.29. The molecule has 0 radical (unpaired) electrons. The van der Waals surface area contributed by atoms with Crippen LogP contribution in [0.1, 0.15) is 25.3 Å². The van der Waals surface area contributed by atoms with Gasteiger partial charge in [-0.25, -0.2) is 0 Å². The second kappa shape index (κ2) is 5.94. The van der Waals surface area contributed by atoms with Gasteiger partial charge < -0.3 is 10.1 Å². The second-order valence-corrected chi connectivity index (χ2v) is 6.09. The number of hydrogen-bond donors (Lipinski definition) is 1. The third-order valence-electron chi connectivity index (χ3n) is 3.85. The molecule has 1 N–H and O–H groups in total. The summed E-state index contributed by atoms with van der Waals surface area (Å²) in [6.07, 6.45) is 7.82. The van der Waals surface area contributed by atoms with E-state index in [0.717, 1.165) is 16.9 Å². The predicted octanol–water partition coefficient (Wildman–Crippen LogP) is 3.59. The summed E-state index contributed by atoms with van der Waals surface area (Å²) >= 11 is 5.98. The number of carbonyl (C=O) groups is 1. The van der Waals surface area contributed by atoms with Crippen molar-refractivity contribution in [3.05, 3.63) is 46.5 Å². The SMILES string of the molecule is CC(NC(=O)/C=C/C1=Cc2cc(Cl)ccc2OC1)C1CC1. The van der Waals surface area contributed by atoms with Gasteiger partial charge in [-0.15, -0.1) is 0 Å². The Morgan fingerprint density at radius 1 is 1.48 bits per heavy atom. The van der Waals surface area contributed by atoms with Crippen LogP contribution in [-0.2, 0) is 4.79 Å². The molecule has 0 saturated heterocycles. The van der Waals surface area contributed by atoms with Crippen LogP contribution in [0.3, 0.4) is 0 Å². The van der Waals surface area contributed by atoms with Crippen LogP contribution in [0.25, 0.3) is 6.08 Å². The van der Waals surface area contributed by atoms with Crippen molar-refractivity contribution in [1.82, 2.24) is 5.32 Å². The Hall–Kier alpha value is -1.74. The number of halogens is 1. The van der Waals surface area contributed by atoms with Crippen LogP contribution in [0.2, 0.25) is 5.02 Å². The molecular formula is C17H18ClNO2. The Balaban J connectivity index is 1.64. The van der Waals surface area contributed by atoms with Crippen LogP contribution in [0, 0.1) is 5.92 Å². The number of nitrogens with one attached hydrogen (secondary N) is 1. The zero-order valence-electron chi connectivity index (χ0n) is 11.9. The standard InChI is InChI=1S/C17H18ClNO2/c1-11(13-3-4-13)19-17(20)7-2-12-8-14-9-15(18)5-6-16(14)21-10-12/h2,5-9,11,13H,3-4,10H2,1H3,(H,19,20)/b7-2+. The smallest absolute Gasteiger partial charge is 0.244 e. The summed E-state index contributed by atoms with van der Waals surface area (Å²) in [7, 11) is 0. The van der Waals surface area contributed by atoms with Crippen LogP contribution < -0.4 is 10.1 Å². The molecule has 1 heterocycles. The number of hydrogen-bond acceptors (Lipinski definition) is 2. The maximum atomic E-state index is 11.8. The fourth-order valence-corrected chi connectivity index (χ4v) is 2.61. The highest BCUT2D eigenvalue weighted by molar-refractivity contribution is 6.30. The van der Waals surface area contributed by atoms with Gasteiger partial charge in [0.2, 0.25) is 5.91 Å². The molecule has 1 amide bonds. The Labute approximate surface area is 129 Å². The van der Waals surface area contributed by atoms with Gasteiger partial charge in [-0.2, -0.15) is 0 Å². The summed E-state index contributed by atoms with van der Waals surface area (Å²) in [4.78, 5) is 11.8. The highest BCUT2D eigenvalue weighted by Gasteiger charge is 2.28. The highest BCUT2D eigenvalue weighted by Crippen LogP contribution is 2.32. The van der Waals surface area contributed by atoms with E-state index in [-0.39, 0.29) is 11.9 Å². The molecular weight excluding hydrogens is 286 g/mol. The molecule has 1 aromatic rings. The maximum Gasteiger partial charge on any atom is 0.244 e. The first-order valence-electron chi connectivity index (χ1n) is 7.23. The van der Waals surface area contributed by atoms with Crippen LogP contribution in [-0.4, -0.2) is 18.6 Å². The molecule has 3 rings (SSSR count). The predicted molar refractivity (Wildman–Crippen MR) is 84.4 cm³/mol. The Kier molecular flexibility index (Phi) is 4.02. The van der Waals surface area contributed by atoms with E-state index in [1.807, 2.05) is 24.3 Å². The van der Waals surface area contributed by atoms with E-state index in [1.165, 1.54) is 12.8 Å². The number of ether oxygens (including phenoxy) is 1. The molecule has 110 valence electrons. The fraction of sp³-hybridized carbons (Fsp3) is 0.353. The largest absolute Gasteiger partial charge is 0.488 e. The van der Waals surface area contributed by atoms with Crippen molar-refractivity contribution < 1.29 is 9.53 Å². The second-order valence-electron chi connectivity index (χ2n) is 5.66. The summed E-state index contributed by atoms with van der Waals surface area (Å²) in [5.74, 6) is 1.43. The third-order valence-corrected chi connectivity index (χ3v) is 4.09. The van der Waals surface area contributed by atoms with Crippen molar-refractivity contribution in [2.24, 2.45) is 5.92 Å². The van der Waals surface area contributed by atoms with Gasteiger partial charge >= 0.3 is 0 Å². The summed E-state index contributed by atoms with van der Waals surface area (Å²) in [5.41, 5.74) is 1.90. The molecule has 21 heavy (non-hydrogen) atoms. The Morgan fingerprint density at radius 2 is 2.29 bits per heavy atom. The average molecular weight is 304 g/mol. The zero-order valence-corrected chi connectivity index (χ0v) is 12.7. The normalized spacial score (nSPS) is 18.7. The number of benzene rings is 1. The first-order chi connectivity index (χ1) is 10.1. The Bertz CT molecular complexity index is 617. The highest BCUT2D eigenvalue weighted by atomic mass is 35.5. The zero-order chi connectivity index (χ0) is 14.8. The van der Waals surface area contributed by atoms with Crippen LogP contribution in [0.4, 0.5) is 0 Å². The van der Waals surface area contributed by atoms with E-state index in [0.29, 0.717) is 17.5 Å². The molecule has 1 aromatic carbocycles. The lowest BCUT2D eigenvalue weighted by atomic mass is 10.1. The first kappa shape index (κ1) is 14.2. The van der Waals surface area contributed by atoms with Gasteiger partial charge in [-0.05, 0) is 55.5 Å². The molecule has 1 aliphatic heterocycles. The third kappa shape index (κ3) is 3.67. The monoisotopic (exact) mass is 303 g/mol. The minimum atomic E-state index is -0.0489. The van der Waals surface area contributed by atoms with Gasteiger partial charge in [0.05, 0.1) is 0 Å². The van der Waals surface area contributed by atoms with Crippen LogP contribution >= 0.6 is 11.6 Å². The molecule has 4 heteroatoms. The van der Waals surface area contributed by atoms with Crippen molar-refractivity contribution >= 4 is 23.6 Å². The summed E-state index contributed by atoms with van der Waals surface area (Å²) in [6.45, 7) is 2.53. The fourth-order valence-electron chi connectivity index (χ4n) is 2.43. The summed E-state index contributed by atoms with van der Waals surface area (Å²) < 4.78 is 5.64. The molecule has 1 unspecified atom stereocenters. The van der Waals surface area contributed by atoms with Gasteiger partial charge in [0, 0.05) is 22.7 Å². The van der Waals surface area contributed by atoms with Crippen molar-refractivity contribution in [1.29, 1.82) is 0 Å². The van der Waals surface area contributed by atoms with Gasteiger partial charge in [0.1, 0.15) is 12.4 Å². The molecule has 0 bridgehead atoms. The van der Waals surface area contributed by atoms with E-state index >= 15 is 0 Å². The molecule has 3 nitrogen and oxygen atoms in total. The molecule has 1 aliphatic carbocycles. The van der Waals surface area contributed by atoms with E-state index in [1.54, 1.807) is 12.2 Å². The minimum absolute atomic E-state index is 0.0489. The van der Waals surface area contributed by atoms with Crippen LogP contribution in [0.5, 0.6) is 5.75 Å². The molecule has 1 fully saturated rings. The number of amides is 1. The number of carbonyl (C=O) groups excluding carboxylic acids is 1. The maximum absolute atomic E-state index is 11.8. The van der Waals surface area contributed by atoms with Gasteiger partial charge in [-0.1, -0.05) is 17.7 Å². The lowest BCUT2D eigenvalue weighted by Gasteiger charge is -2.16. The van der Waals surface area contributed by atoms with Crippen molar-refractivity contribution in [3.63, 3.8) is 0 Å². The number of fused-ring (bicyclic) bond motifs is 1. The summed E-state index contributed by atoms with van der Waals surface area (Å²) in [6, 6.07) is 5.79. The van der Waals surface area contributed by atoms with E-state index in [4.69, 9.17) is 16.3 Å². The summed E-state index contributed by atoms with van der Waals surface area (Å²) in [5, 5.41) is 3.67. The van der Waals surface area contributed by atoms with Crippen molar-refractivity contribution in [2.75, 3.05) is 6.61 Å². The molecule has 1 atom stereocenters. The minimum Gasteiger partial charge on any atom is -0.488 e. The molecule has 0 aromatic heterocycles. The van der Waals surface area contributed by atoms with E-state index in [2.05, 4.69) is 12.2 Å². The number of rotatable bonds is 4. The van der Waals surface area contributed by atoms with Crippen LogP contribution in [0.15, 0.2) is 35.9 Å². The Morgan fingerprint density at radius 3 is 3.05 bits per heavy atom. The van der Waals surface area contributed by atoms with E-state index in [9.17, 15) is 4.79 Å². The lowest BCUT2D eigenvalue weighted by Crippen LogP contribution is -2.32. The first-order valence-corrected chi connectivity index (χ1v) is 7.61. The van der Waals surface area contributed by atoms with E-state index < -0.39 is 0 Å². The van der Waals surface area contributed by atoms with Crippen molar-refractivity contribution in [3.8, 4) is 5.75 Å². The van der Waals surface area contributed by atoms with Gasteiger partial charge in [0.25, 0.3) is 0 Å². The topological polar surface area (TPSA) is 38.3 Å². The van der Waals surface area contributed by atoms with Crippen molar-refractivity contribution in [2.45, 2.75) is 25.8 Å². The van der Waals surface area contributed by atoms with Gasteiger partial charge in [0.15, 0.2) is 0 Å². The molecule has 0 spiro atoms. The quantitative estimate of drug-likeness (QED) is 0.863. The molecule has 1 saturated carbocycles. The molecule has 2 aliphatic rings.